The minimum atomic E-state index is -1.58. The molecule has 9 nitrogen and oxygen atoms in total. The molecule has 3 unspecified atom stereocenters. The van der Waals surface area contributed by atoms with E-state index in [4.69, 9.17) is 10.5 Å². The van der Waals surface area contributed by atoms with Crippen LogP contribution < -0.4 is 10.6 Å². The molecule has 0 saturated carbocycles. The molecule has 2 saturated heterocycles. The van der Waals surface area contributed by atoms with Gasteiger partial charge in [0.2, 0.25) is 5.91 Å². The van der Waals surface area contributed by atoms with Gasteiger partial charge in [-0.25, -0.2) is 0 Å². The molecule has 1 aromatic rings. The maximum absolute atomic E-state index is 13.2. The van der Waals surface area contributed by atoms with Crippen LogP contribution in [0.2, 0.25) is 0 Å². The number of methoxy groups -OCH3 is 1. The first kappa shape index (κ1) is 21.0. The molecule has 0 aromatic carbocycles. The molecule has 0 bridgehead atoms. The number of hydrogen-bond donors (Lipinski definition) is 2. The van der Waals surface area contributed by atoms with Gasteiger partial charge in [0, 0.05) is 25.8 Å². The fourth-order valence-corrected chi connectivity index (χ4v) is 7.12. The molecule has 12 heteroatoms. The number of carboxylic acid groups (broad SMARTS) is 1. The van der Waals surface area contributed by atoms with Crippen molar-refractivity contribution in [2.45, 2.75) is 34.9 Å². The first-order chi connectivity index (χ1) is 13.1. The van der Waals surface area contributed by atoms with E-state index in [1.807, 2.05) is 0 Å². The number of thioether (sulfide) groups is 2. The van der Waals surface area contributed by atoms with Crippen LogP contribution in [0.15, 0.2) is 17.5 Å². The first-order valence-electron chi connectivity index (χ1n) is 8.19. The number of nitrogens with two attached hydrogens (primary N) is 1. The zero-order valence-electron chi connectivity index (χ0n) is 15.3. The normalized spacial score (nSPS) is 31.7. The van der Waals surface area contributed by atoms with Crippen LogP contribution in [0.3, 0.4) is 0 Å². The smallest absolute Gasteiger partial charge is 0.323 e. The predicted molar refractivity (Wildman–Crippen MR) is 107 cm³/mol. The lowest BCUT2D eigenvalue weighted by Crippen LogP contribution is -2.84. The van der Waals surface area contributed by atoms with Gasteiger partial charge in [0.05, 0.1) is 0 Å². The highest BCUT2D eigenvalue weighted by Gasteiger charge is 2.72. The van der Waals surface area contributed by atoms with Crippen molar-refractivity contribution in [1.82, 2.24) is 4.90 Å². The number of aliphatic carboxylic acids is 1. The van der Waals surface area contributed by atoms with Gasteiger partial charge in [0.1, 0.15) is 10.4 Å². The van der Waals surface area contributed by atoms with Gasteiger partial charge in [-0.2, -0.15) is 0 Å². The van der Waals surface area contributed by atoms with Crippen LogP contribution >= 0.6 is 34.9 Å². The molecule has 152 valence electrons. The molecule has 2 aliphatic rings. The molecule has 28 heavy (non-hydrogen) atoms. The molecule has 3 heterocycles. The molecular formula is C16H19N3O6S3. The van der Waals surface area contributed by atoms with Crippen LogP contribution in [0.5, 0.6) is 0 Å². The van der Waals surface area contributed by atoms with Crippen molar-refractivity contribution in [1.29, 1.82) is 0 Å². The molecule has 3 N–H and O–H groups in total. The van der Waals surface area contributed by atoms with Crippen LogP contribution in [0.1, 0.15) is 13.8 Å². The lowest BCUT2D eigenvalue weighted by molar-refractivity contribution is -0.190. The number of anilines is 1. The van der Waals surface area contributed by atoms with E-state index in [1.54, 1.807) is 24.4 Å². The summed E-state index contributed by atoms with van der Waals surface area (Å²) in [6.07, 6.45) is 0. The van der Waals surface area contributed by atoms with Crippen molar-refractivity contribution in [2.24, 2.45) is 5.73 Å². The zero-order chi connectivity index (χ0) is 20.9. The molecule has 1 aromatic heterocycles. The molecular weight excluding hydrogens is 426 g/mol. The lowest BCUT2D eigenvalue weighted by Gasteiger charge is -2.62. The van der Waals surface area contributed by atoms with Gasteiger partial charge >= 0.3 is 5.97 Å². The second-order valence-corrected chi connectivity index (χ2v) is 10.1. The Hall–Kier alpha value is -1.76. The van der Waals surface area contributed by atoms with Crippen molar-refractivity contribution in [3.63, 3.8) is 0 Å². The van der Waals surface area contributed by atoms with E-state index in [2.05, 4.69) is 0 Å². The van der Waals surface area contributed by atoms with Crippen LogP contribution in [0.4, 0.5) is 9.80 Å². The minimum Gasteiger partial charge on any atom is -0.480 e. The van der Waals surface area contributed by atoms with Crippen molar-refractivity contribution in [2.75, 3.05) is 18.6 Å². The quantitative estimate of drug-likeness (QED) is 0.514. The Kier molecular flexibility index (Phi) is 5.42. The molecule has 4 atom stereocenters. The van der Waals surface area contributed by atoms with E-state index >= 15 is 0 Å². The van der Waals surface area contributed by atoms with Gasteiger partial charge in [-0.15, -0.1) is 23.1 Å². The largest absolute Gasteiger partial charge is 0.480 e. The van der Waals surface area contributed by atoms with Crippen molar-refractivity contribution in [3.05, 3.63) is 17.5 Å². The highest BCUT2D eigenvalue weighted by Crippen LogP contribution is 2.55. The summed E-state index contributed by atoms with van der Waals surface area (Å²) < 4.78 is 4.04. The van der Waals surface area contributed by atoms with Crippen molar-refractivity contribution >= 4 is 62.9 Å². The Morgan fingerprint density at radius 1 is 1.46 bits per heavy atom. The summed E-state index contributed by atoms with van der Waals surface area (Å²) in [5, 5.41) is 10.1. The second-order valence-electron chi connectivity index (χ2n) is 6.39. The fraction of sp³-hybridized carbons (Fsp3) is 0.500. The summed E-state index contributed by atoms with van der Waals surface area (Å²) in [5.41, 5.74) is 3.67. The molecule has 2 aliphatic heterocycles. The van der Waals surface area contributed by atoms with Gasteiger partial charge < -0.3 is 20.5 Å². The molecule has 0 radical (unpaired) electrons. The molecule has 3 amide bonds. The van der Waals surface area contributed by atoms with Crippen molar-refractivity contribution < 1.29 is 29.0 Å². The average Bonchev–Trinajstić information content (AvgIpc) is 3.13. The van der Waals surface area contributed by atoms with Crippen LogP contribution in [-0.2, 0) is 19.1 Å². The summed E-state index contributed by atoms with van der Waals surface area (Å²) in [5.74, 6) is -2.12. The SMILES string of the molecule is COC1(N(C(C)=O)c2cccs2)C(=O)N2CC(SC(N)=O)(C(=O)O)C(C)S[C@@H]21. The Morgan fingerprint density at radius 2 is 2.14 bits per heavy atom. The Morgan fingerprint density at radius 3 is 2.61 bits per heavy atom. The van der Waals surface area contributed by atoms with Crippen LogP contribution in [0.25, 0.3) is 0 Å². The number of primary amides is 1. The van der Waals surface area contributed by atoms with Gasteiger partial charge in [0.25, 0.3) is 16.9 Å². The Labute approximate surface area is 173 Å². The standard InChI is InChI=1S/C16H19N3O6S3/c1-8-15(13(22)23,28-14(17)24)7-18-11(21)16(25-3,12(18)27-8)19(9(2)20)10-5-4-6-26-10/h4-6,8,12H,7H2,1-3H3,(H2,17,24)(H,22,23)/t8?,12-,15?,16?/m1/s1. The van der Waals surface area contributed by atoms with E-state index in [-0.39, 0.29) is 12.5 Å². The molecule has 3 rings (SSSR count). The summed E-state index contributed by atoms with van der Waals surface area (Å²) in [4.78, 5) is 51.7. The first-order valence-corrected chi connectivity index (χ1v) is 10.8. The highest BCUT2D eigenvalue weighted by atomic mass is 32.2. The summed E-state index contributed by atoms with van der Waals surface area (Å²) in [6.45, 7) is 2.80. The summed E-state index contributed by atoms with van der Waals surface area (Å²) in [6, 6.07) is 3.47. The minimum absolute atomic E-state index is 0.213. The number of carbonyl (C=O) groups excluding carboxylic acids is 3. The highest BCUT2D eigenvalue weighted by molar-refractivity contribution is 8.16. The number of ether oxygens (including phenoxy) is 1. The van der Waals surface area contributed by atoms with Gasteiger partial charge in [-0.05, 0) is 29.3 Å². The number of rotatable bonds is 5. The third kappa shape index (κ3) is 2.81. The number of nitrogens with zero attached hydrogens (tertiary/aromatic N) is 2. The number of hydrogen-bond acceptors (Lipinski definition) is 8. The average molecular weight is 446 g/mol. The monoisotopic (exact) mass is 445 g/mol. The van der Waals surface area contributed by atoms with Gasteiger partial charge in [-0.1, -0.05) is 6.92 Å². The van der Waals surface area contributed by atoms with Crippen molar-refractivity contribution in [3.8, 4) is 0 Å². The zero-order valence-corrected chi connectivity index (χ0v) is 17.7. The number of carbonyl (C=O) groups is 4. The predicted octanol–water partition coefficient (Wildman–Crippen LogP) is 1.38. The second kappa shape index (κ2) is 7.25. The summed E-state index contributed by atoms with van der Waals surface area (Å²) >= 11 is 2.97. The van der Waals surface area contributed by atoms with Gasteiger partial charge in [-0.3, -0.25) is 24.1 Å². The fourth-order valence-electron chi connectivity index (χ4n) is 3.58. The number of carboxylic acids is 1. The third-order valence-corrected chi connectivity index (χ3v) is 8.78. The number of fused-ring (bicyclic) bond motifs is 1. The van der Waals surface area contributed by atoms with Crippen LogP contribution in [-0.4, -0.2) is 67.8 Å². The number of β-lactam (4-membered cyclic amide) rings is 1. The van der Waals surface area contributed by atoms with E-state index in [1.165, 1.54) is 46.9 Å². The van der Waals surface area contributed by atoms with E-state index in [0.717, 1.165) is 0 Å². The number of amides is 3. The topological polar surface area (TPSA) is 130 Å². The maximum atomic E-state index is 13.2. The van der Waals surface area contributed by atoms with E-state index < -0.39 is 38.2 Å². The summed E-state index contributed by atoms with van der Waals surface area (Å²) in [7, 11) is 1.35. The maximum Gasteiger partial charge on any atom is 0.323 e. The number of thiophene rings is 1. The molecule has 0 spiro atoms. The lowest BCUT2D eigenvalue weighted by atomic mass is 9.94. The van der Waals surface area contributed by atoms with Gasteiger partial charge in [0.15, 0.2) is 4.75 Å². The van der Waals surface area contributed by atoms with E-state index in [9.17, 15) is 24.3 Å². The third-order valence-electron chi connectivity index (χ3n) is 4.91. The molecule has 0 aliphatic carbocycles. The Bertz CT molecular complexity index is 834. The van der Waals surface area contributed by atoms with E-state index in [0.29, 0.717) is 16.8 Å². The van der Waals surface area contributed by atoms with Crippen LogP contribution in [0, 0.1) is 0 Å². The Balaban J connectivity index is 2.01. The molecule has 2 fully saturated rings.